The molecule has 1 aromatic rings. The van der Waals surface area contributed by atoms with Crippen molar-refractivity contribution in [2.45, 2.75) is 37.9 Å². The Labute approximate surface area is 99.3 Å². The second-order valence-corrected chi connectivity index (χ2v) is 5.01. The van der Waals surface area contributed by atoms with Crippen LogP contribution in [0, 0.1) is 13.8 Å². The highest BCUT2D eigenvalue weighted by Crippen LogP contribution is 2.19. The highest BCUT2D eigenvalue weighted by molar-refractivity contribution is 7.99. The van der Waals surface area contributed by atoms with Crippen molar-refractivity contribution < 1.29 is 4.79 Å². The van der Waals surface area contributed by atoms with E-state index in [1.54, 1.807) is 0 Å². The van der Waals surface area contributed by atoms with Crippen LogP contribution in [0.25, 0.3) is 0 Å². The van der Waals surface area contributed by atoms with Crippen LogP contribution in [-0.4, -0.2) is 27.7 Å². The smallest absolute Gasteiger partial charge is 0.230 e. The van der Waals surface area contributed by atoms with Gasteiger partial charge in [0.1, 0.15) is 0 Å². The monoisotopic (exact) mass is 237 g/mol. The summed E-state index contributed by atoms with van der Waals surface area (Å²) in [5.74, 6) is 0.481. The molecule has 0 unspecified atom stereocenters. The van der Waals surface area contributed by atoms with Gasteiger partial charge in [0.05, 0.1) is 5.75 Å². The van der Waals surface area contributed by atoms with Crippen LogP contribution in [0.1, 0.15) is 24.2 Å². The van der Waals surface area contributed by atoms with Gasteiger partial charge in [-0.2, -0.15) is 0 Å². The summed E-state index contributed by atoms with van der Waals surface area (Å²) in [7, 11) is 0. The van der Waals surface area contributed by atoms with Gasteiger partial charge in [-0.25, -0.2) is 9.97 Å². The van der Waals surface area contributed by atoms with Gasteiger partial charge in [0.25, 0.3) is 0 Å². The maximum atomic E-state index is 11.4. The first kappa shape index (κ1) is 11.4. The fraction of sp³-hybridized carbons (Fsp3) is 0.545. The zero-order valence-corrected chi connectivity index (χ0v) is 10.3. The molecule has 1 saturated carbocycles. The SMILES string of the molecule is Cc1cc(C)nc(SCC(=O)NC2CC2)n1. The molecule has 5 heteroatoms. The first-order valence-electron chi connectivity index (χ1n) is 5.38. The van der Waals surface area contributed by atoms with E-state index in [2.05, 4.69) is 15.3 Å². The average Bonchev–Trinajstić information content (AvgIpc) is 2.97. The van der Waals surface area contributed by atoms with Gasteiger partial charge in [-0.05, 0) is 32.8 Å². The number of carbonyl (C=O) groups excluding carboxylic acids is 1. The molecular formula is C11H15N3OS. The number of nitrogens with one attached hydrogen (secondary N) is 1. The summed E-state index contributed by atoms with van der Waals surface area (Å²) in [6, 6.07) is 2.35. The zero-order chi connectivity index (χ0) is 11.5. The van der Waals surface area contributed by atoms with Crippen LogP contribution < -0.4 is 5.32 Å². The molecule has 1 amide bonds. The van der Waals surface area contributed by atoms with Gasteiger partial charge < -0.3 is 5.32 Å². The molecule has 1 aliphatic rings. The number of hydrogen-bond acceptors (Lipinski definition) is 4. The molecule has 1 N–H and O–H groups in total. The lowest BCUT2D eigenvalue weighted by molar-refractivity contribution is -0.118. The third kappa shape index (κ3) is 3.48. The molecule has 0 spiro atoms. The molecule has 1 aliphatic carbocycles. The van der Waals surface area contributed by atoms with Gasteiger partial charge in [-0.3, -0.25) is 4.79 Å². The van der Waals surface area contributed by atoms with E-state index in [4.69, 9.17) is 0 Å². The number of amides is 1. The Hall–Kier alpha value is -1.10. The molecule has 0 bridgehead atoms. The average molecular weight is 237 g/mol. The predicted octanol–water partition coefficient (Wildman–Crippen LogP) is 1.46. The van der Waals surface area contributed by atoms with Crippen molar-refractivity contribution in [1.82, 2.24) is 15.3 Å². The van der Waals surface area contributed by atoms with E-state index < -0.39 is 0 Å². The third-order valence-electron chi connectivity index (χ3n) is 2.24. The highest BCUT2D eigenvalue weighted by Gasteiger charge is 2.23. The fourth-order valence-corrected chi connectivity index (χ4v) is 2.15. The summed E-state index contributed by atoms with van der Waals surface area (Å²) in [6.07, 6.45) is 2.24. The van der Waals surface area contributed by atoms with Crippen molar-refractivity contribution in [2.75, 3.05) is 5.75 Å². The lowest BCUT2D eigenvalue weighted by Crippen LogP contribution is -2.27. The van der Waals surface area contributed by atoms with E-state index in [0.717, 1.165) is 24.2 Å². The Morgan fingerprint density at radius 3 is 2.62 bits per heavy atom. The summed E-state index contributed by atoms with van der Waals surface area (Å²) < 4.78 is 0. The molecule has 0 atom stereocenters. The topological polar surface area (TPSA) is 54.9 Å². The van der Waals surface area contributed by atoms with Crippen LogP contribution in [0.15, 0.2) is 11.2 Å². The first-order chi connectivity index (χ1) is 7.63. The van der Waals surface area contributed by atoms with Crippen molar-refractivity contribution >= 4 is 17.7 Å². The van der Waals surface area contributed by atoms with Gasteiger partial charge in [0.15, 0.2) is 5.16 Å². The van der Waals surface area contributed by atoms with Crippen molar-refractivity contribution in [2.24, 2.45) is 0 Å². The highest BCUT2D eigenvalue weighted by atomic mass is 32.2. The number of thioether (sulfide) groups is 1. The first-order valence-corrected chi connectivity index (χ1v) is 6.36. The number of nitrogens with zero attached hydrogens (tertiary/aromatic N) is 2. The Bertz CT molecular complexity index is 384. The molecule has 2 rings (SSSR count). The number of rotatable bonds is 4. The lowest BCUT2D eigenvalue weighted by Gasteiger charge is -2.03. The molecule has 4 nitrogen and oxygen atoms in total. The third-order valence-corrected chi connectivity index (χ3v) is 3.08. The maximum Gasteiger partial charge on any atom is 0.230 e. The van der Waals surface area contributed by atoms with Crippen molar-refractivity contribution in [3.63, 3.8) is 0 Å². The normalized spacial score (nSPS) is 14.9. The van der Waals surface area contributed by atoms with Gasteiger partial charge >= 0.3 is 0 Å². The van der Waals surface area contributed by atoms with Crippen LogP contribution in [0.2, 0.25) is 0 Å². The second kappa shape index (κ2) is 4.82. The lowest BCUT2D eigenvalue weighted by atomic mass is 10.4. The van der Waals surface area contributed by atoms with Crippen LogP contribution in [-0.2, 0) is 4.79 Å². The van der Waals surface area contributed by atoms with Gasteiger partial charge in [0.2, 0.25) is 5.91 Å². The van der Waals surface area contributed by atoms with Crippen LogP contribution in [0.4, 0.5) is 0 Å². The molecule has 0 radical (unpaired) electrons. The minimum Gasteiger partial charge on any atom is -0.353 e. The van der Waals surface area contributed by atoms with Crippen LogP contribution in [0.5, 0.6) is 0 Å². The van der Waals surface area contributed by atoms with E-state index in [0.29, 0.717) is 17.0 Å². The van der Waals surface area contributed by atoms with E-state index >= 15 is 0 Å². The summed E-state index contributed by atoms with van der Waals surface area (Å²) >= 11 is 1.39. The Kier molecular flexibility index (Phi) is 3.43. The summed E-state index contributed by atoms with van der Waals surface area (Å²) in [5.41, 5.74) is 1.88. The standard InChI is InChI=1S/C11H15N3OS/c1-7-5-8(2)13-11(12-7)16-6-10(15)14-9-3-4-9/h5,9H,3-4,6H2,1-2H3,(H,14,15). The molecule has 1 aromatic heterocycles. The molecule has 0 saturated heterocycles. The summed E-state index contributed by atoms with van der Waals surface area (Å²) in [5, 5.41) is 3.62. The quantitative estimate of drug-likeness (QED) is 0.636. The largest absolute Gasteiger partial charge is 0.353 e. The summed E-state index contributed by atoms with van der Waals surface area (Å²) in [6.45, 7) is 3.87. The number of hydrogen-bond donors (Lipinski definition) is 1. The van der Waals surface area contributed by atoms with Crippen LogP contribution in [0.3, 0.4) is 0 Å². The molecule has 86 valence electrons. The van der Waals surface area contributed by atoms with Crippen molar-refractivity contribution in [1.29, 1.82) is 0 Å². The Morgan fingerprint density at radius 2 is 2.06 bits per heavy atom. The minimum atomic E-state index is 0.0789. The van der Waals surface area contributed by atoms with Crippen molar-refractivity contribution in [3.8, 4) is 0 Å². The van der Waals surface area contributed by atoms with E-state index in [1.165, 1.54) is 11.8 Å². The molecule has 16 heavy (non-hydrogen) atoms. The second-order valence-electron chi connectivity index (χ2n) is 4.06. The fourth-order valence-electron chi connectivity index (χ4n) is 1.39. The molecule has 0 aromatic carbocycles. The van der Waals surface area contributed by atoms with E-state index in [-0.39, 0.29) is 5.91 Å². The van der Waals surface area contributed by atoms with E-state index in [1.807, 2.05) is 19.9 Å². The Morgan fingerprint density at radius 1 is 1.44 bits per heavy atom. The van der Waals surface area contributed by atoms with Gasteiger partial charge in [-0.15, -0.1) is 0 Å². The number of carbonyl (C=O) groups is 1. The van der Waals surface area contributed by atoms with Gasteiger partial charge in [0, 0.05) is 17.4 Å². The minimum absolute atomic E-state index is 0.0789. The maximum absolute atomic E-state index is 11.4. The molecular weight excluding hydrogens is 222 g/mol. The predicted molar refractivity (Wildman–Crippen MR) is 63.4 cm³/mol. The molecule has 1 heterocycles. The Balaban J connectivity index is 1.85. The number of aryl methyl sites for hydroxylation is 2. The number of aromatic nitrogens is 2. The zero-order valence-electron chi connectivity index (χ0n) is 9.49. The van der Waals surface area contributed by atoms with Crippen LogP contribution >= 0.6 is 11.8 Å². The summed E-state index contributed by atoms with van der Waals surface area (Å²) in [4.78, 5) is 20.0. The van der Waals surface area contributed by atoms with Crippen molar-refractivity contribution in [3.05, 3.63) is 17.5 Å². The molecule has 0 aliphatic heterocycles. The van der Waals surface area contributed by atoms with Gasteiger partial charge in [-0.1, -0.05) is 11.8 Å². The molecule has 1 fully saturated rings. The van der Waals surface area contributed by atoms with E-state index in [9.17, 15) is 4.79 Å².